The van der Waals surface area contributed by atoms with E-state index in [4.69, 9.17) is 11.6 Å². The summed E-state index contributed by atoms with van der Waals surface area (Å²) < 4.78 is 0. The number of carbonyl (C=O) groups excluding carboxylic acids is 1. The average molecular weight is 277 g/mol. The minimum atomic E-state index is -0.657. The van der Waals surface area contributed by atoms with Crippen molar-refractivity contribution in [1.29, 1.82) is 5.26 Å². The first kappa shape index (κ1) is 13.9. The first-order valence-corrected chi connectivity index (χ1v) is 6.93. The Morgan fingerprint density at radius 1 is 1.47 bits per heavy atom. The minimum absolute atomic E-state index is 0.160. The van der Waals surface area contributed by atoms with Gasteiger partial charge in [-0.3, -0.25) is 4.79 Å². The van der Waals surface area contributed by atoms with Crippen LogP contribution in [0.2, 0.25) is 0 Å². The molecule has 0 aliphatic heterocycles. The van der Waals surface area contributed by atoms with Crippen molar-refractivity contribution < 1.29 is 4.79 Å². The summed E-state index contributed by atoms with van der Waals surface area (Å²) in [6.45, 7) is 2.11. The van der Waals surface area contributed by atoms with Gasteiger partial charge in [0.05, 0.1) is 6.07 Å². The van der Waals surface area contributed by atoms with E-state index in [9.17, 15) is 10.1 Å². The number of nitriles is 1. The Kier molecular flexibility index (Phi) is 4.11. The largest absolute Gasteiger partial charge is 0.318 e. The van der Waals surface area contributed by atoms with Crippen LogP contribution in [0.5, 0.6) is 0 Å². The Balaban J connectivity index is 2.25. The number of hydrogen-bond acceptors (Lipinski definition) is 2. The first-order chi connectivity index (χ1) is 9.09. The van der Waals surface area contributed by atoms with Gasteiger partial charge in [-0.1, -0.05) is 30.3 Å². The Bertz CT molecular complexity index is 489. The van der Waals surface area contributed by atoms with Crippen LogP contribution in [0, 0.1) is 11.3 Å². The van der Waals surface area contributed by atoms with E-state index in [0.717, 1.165) is 24.8 Å². The maximum absolute atomic E-state index is 12.3. The van der Waals surface area contributed by atoms with Gasteiger partial charge in [0.2, 0.25) is 5.91 Å². The zero-order valence-corrected chi connectivity index (χ0v) is 11.7. The quantitative estimate of drug-likeness (QED) is 0.793. The van der Waals surface area contributed by atoms with E-state index in [1.54, 1.807) is 11.8 Å². The Morgan fingerprint density at radius 2 is 2.11 bits per heavy atom. The molecule has 1 aromatic carbocycles. The molecule has 100 valence electrons. The zero-order chi connectivity index (χ0) is 13.9. The summed E-state index contributed by atoms with van der Waals surface area (Å²) in [6, 6.07) is 12.0. The molecule has 1 aliphatic rings. The molecule has 1 saturated carbocycles. The zero-order valence-electron chi connectivity index (χ0n) is 11.0. The third-order valence-electron chi connectivity index (χ3n) is 3.70. The molecule has 0 saturated heterocycles. The van der Waals surface area contributed by atoms with Crippen LogP contribution in [0.1, 0.15) is 31.7 Å². The fourth-order valence-corrected chi connectivity index (χ4v) is 2.49. The maximum atomic E-state index is 12.3. The number of nitrogens with zero attached hydrogens (tertiary/aromatic N) is 2. The smallest absolute Gasteiger partial charge is 0.241 e. The molecule has 1 aromatic rings. The van der Waals surface area contributed by atoms with Crippen molar-refractivity contribution in [2.45, 2.75) is 43.6 Å². The standard InChI is InChI=1S/C15H17ClN2O/c1-12(16)14(19)18(15(11-17)8-5-9-15)10-13-6-3-2-4-7-13/h2-4,6-7,12H,5,8-10H2,1H3. The van der Waals surface area contributed by atoms with Crippen LogP contribution in [0.4, 0.5) is 0 Å². The highest BCUT2D eigenvalue weighted by Gasteiger charge is 2.46. The van der Waals surface area contributed by atoms with Gasteiger partial charge < -0.3 is 4.90 Å². The van der Waals surface area contributed by atoms with E-state index in [1.807, 2.05) is 30.3 Å². The van der Waals surface area contributed by atoms with Crippen LogP contribution >= 0.6 is 11.6 Å². The molecular formula is C15H17ClN2O. The second kappa shape index (κ2) is 5.63. The second-order valence-electron chi connectivity index (χ2n) is 5.02. The summed E-state index contributed by atoms with van der Waals surface area (Å²) in [5.41, 5.74) is 0.366. The summed E-state index contributed by atoms with van der Waals surface area (Å²) >= 11 is 5.93. The van der Waals surface area contributed by atoms with E-state index in [-0.39, 0.29) is 5.91 Å². The molecule has 19 heavy (non-hydrogen) atoms. The van der Waals surface area contributed by atoms with Crippen molar-refractivity contribution >= 4 is 17.5 Å². The van der Waals surface area contributed by atoms with Gasteiger partial charge in [-0.25, -0.2) is 0 Å². The highest BCUT2D eigenvalue weighted by Crippen LogP contribution is 2.38. The lowest BCUT2D eigenvalue weighted by Gasteiger charge is -2.45. The van der Waals surface area contributed by atoms with Crippen molar-refractivity contribution in [2.24, 2.45) is 0 Å². The molecule has 1 atom stereocenters. The van der Waals surface area contributed by atoms with E-state index in [0.29, 0.717) is 6.54 Å². The van der Waals surface area contributed by atoms with Gasteiger partial charge in [0, 0.05) is 6.54 Å². The number of amides is 1. The van der Waals surface area contributed by atoms with Crippen LogP contribution in [0.15, 0.2) is 30.3 Å². The van der Waals surface area contributed by atoms with Crippen LogP contribution in [-0.2, 0) is 11.3 Å². The minimum Gasteiger partial charge on any atom is -0.318 e. The third kappa shape index (κ3) is 2.74. The Labute approximate surface area is 118 Å². The second-order valence-corrected chi connectivity index (χ2v) is 5.68. The number of carbonyl (C=O) groups is 1. The molecule has 0 bridgehead atoms. The predicted octanol–water partition coefficient (Wildman–Crippen LogP) is 3.09. The normalized spacial score (nSPS) is 17.9. The number of alkyl halides is 1. The highest BCUT2D eigenvalue weighted by molar-refractivity contribution is 6.30. The van der Waals surface area contributed by atoms with Gasteiger partial charge in [-0.2, -0.15) is 5.26 Å². The number of benzene rings is 1. The molecule has 2 rings (SSSR count). The van der Waals surface area contributed by atoms with Gasteiger partial charge in [0.25, 0.3) is 0 Å². The summed E-state index contributed by atoms with van der Waals surface area (Å²) in [5.74, 6) is -0.160. The lowest BCUT2D eigenvalue weighted by atomic mass is 9.76. The van der Waals surface area contributed by atoms with Crippen molar-refractivity contribution in [3.63, 3.8) is 0 Å². The molecule has 3 nitrogen and oxygen atoms in total. The number of hydrogen-bond donors (Lipinski definition) is 0. The Hall–Kier alpha value is -1.53. The van der Waals surface area contributed by atoms with E-state index >= 15 is 0 Å². The summed E-state index contributed by atoms with van der Waals surface area (Å²) in [6.07, 6.45) is 2.47. The summed E-state index contributed by atoms with van der Waals surface area (Å²) in [4.78, 5) is 13.9. The molecule has 0 N–H and O–H groups in total. The van der Waals surface area contributed by atoms with Crippen LogP contribution < -0.4 is 0 Å². The van der Waals surface area contributed by atoms with Gasteiger partial charge in [0.1, 0.15) is 10.9 Å². The monoisotopic (exact) mass is 276 g/mol. The molecule has 1 unspecified atom stereocenters. The van der Waals surface area contributed by atoms with Gasteiger partial charge >= 0.3 is 0 Å². The summed E-state index contributed by atoms with van der Waals surface area (Å²) in [7, 11) is 0. The first-order valence-electron chi connectivity index (χ1n) is 6.50. The van der Waals surface area contributed by atoms with Crippen molar-refractivity contribution in [1.82, 2.24) is 4.90 Å². The topological polar surface area (TPSA) is 44.1 Å². The molecule has 4 heteroatoms. The van der Waals surface area contributed by atoms with Crippen molar-refractivity contribution in [2.75, 3.05) is 0 Å². The molecule has 0 aromatic heterocycles. The molecule has 1 aliphatic carbocycles. The van der Waals surface area contributed by atoms with Crippen molar-refractivity contribution in [3.8, 4) is 6.07 Å². The van der Waals surface area contributed by atoms with Gasteiger partial charge in [-0.15, -0.1) is 11.6 Å². The SMILES string of the molecule is CC(Cl)C(=O)N(Cc1ccccc1)C1(C#N)CCC1. The lowest BCUT2D eigenvalue weighted by molar-refractivity contribution is -0.138. The number of rotatable bonds is 4. The van der Waals surface area contributed by atoms with Crippen LogP contribution in [0.3, 0.4) is 0 Å². The average Bonchev–Trinajstić information content (AvgIpc) is 2.37. The predicted molar refractivity (Wildman–Crippen MR) is 74.5 cm³/mol. The molecule has 0 heterocycles. The molecule has 0 spiro atoms. The van der Waals surface area contributed by atoms with E-state index in [2.05, 4.69) is 6.07 Å². The van der Waals surface area contributed by atoms with Gasteiger partial charge in [-0.05, 0) is 31.7 Å². The third-order valence-corrected chi connectivity index (χ3v) is 3.88. The lowest BCUT2D eigenvalue weighted by Crippen LogP contribution is -2.56. The molecular weight excluding hydrogens is 260 g/mol. The van der Waals surface area contributed by atoms with Crippen molar-refractivity contribution in [3.05, 3.63) is 35.9 Å². The number of halogens is 1. The van der Waals surface area contributed by atoms with Gasteiger partial charge in [0.15, 0.2) is 0 Å². The Morgan fingerprint density at radius 3 is 2.53 bits per heavy atom. The molecule has 1 fully saturated rings. The highest BCUT2D eigenvalue weighted by atomic mass is 35.5. The molecule has 0 radical (unpaired) electrons. The fourth-order valence-electron chi connectivity index (χ4n) is 2.37. The summed E-state index contributed by atoms with van der Waals surface area (Å²) in [5, 5.41) is 8.83. The van der Waals surface area contributed by atoms with Crippen LogP contribution in [-0.4, -0.2) is 21.7 Å². The van der Waals surface area contributed by atoms with Crippen LogP contribution in [0.25, 0.3) is 0 Å². The van der Waals surface area contributed by atoms with E-state index < -0.39 is 10.9 Å². The fraction of sp³-hybridized carbons (Fsp3) is 0.467. The molecule has 1 amide bonds. The van der Waals surface area contributed by atoms with E-state index in [1.165, 1.54) is 0 Å². The maximum Gasteiger partial charge on any atom is 0.241 e.